The molecule has 0 aliphatic carbocycles. The van der Waals surface area contributed by atoms with Gasteiger partial charge < -0.3 is 9.88 Å². The molecule has 9 heteroatoms. The second-order valence-corrected chi connectivity index (χ2v) is 13.8. The summed E-state index contributed by atoms with van der Waals surface area (Å²) < 4.78 is 45.8. The number of nitrogens with zero attached hydrogens (tertiary/aromatic N) is 3. The molecule has 0 radical (unpaired) electrons. The van der Waals surface area contributed by atoms with Crippen LogP contribution in [-0.2, 0) is 21.2 Å². The first-order chi connectivity index (χ1) is 21.4. The highest BCUT2D eigenvalue weighted by Gasteiger charge is 2.30. The minimum Gasteiger partial charge on any atom is -0.324 e. The zero-order valence-corrected chi connectivity index (χ0v) is 27.4. The molecule has 1 amide bonds. The van der Waals surface area contributed by atoms with Gasteiger partial charge in [0.05, 0.1) is 28.2 Å². The van der Waals surface area contributed by atoms with Crippen LogP contribution in [0.15, 0.2) is 83.8 Å². The van der Waals surface area contributed by atoms with Crippen LogP contribution in [0.5, 0.6) is 0 Å². The van der Waals surface area contributed by atoms with Gasteiger partial charge in [-0.05, 0) is 94.5 Å². The van der Waals surface area contributed by atoms with Crippen molar-refractivity contribution in [3.05, 3.63) is 112 Å². The lowest BCUT2D eigenvalue weighted by Crippen LogP contribution is -2.40. The summed E-state index contributed by atoms with van der Waals surface area (Å²) in [7, 11) is -4.03. The number of halogens is 1. The fourth-order valence-corrected chi connectivity index (χ4v) is 7.83. The summed E-state index contributed by atoms with van der Waals surface area (Å²) in [4.78, 5) is 18.9. The minimum absolute atomic E-state index is 0.0459. The number of amides is 1. The topological polar surface area (TPSA) is 84.3 Å². The van der Waals surface area contributed by atoms with Crippen LogP contribution < -0.4 is 5.32 Å². The van der Waals surface area contributed by atoms with E-state index in [1.54, 1.807) is 19.9 Å². The molecule has 0 bridgehead atoms. The van der Waals surface area contributed by atoms with Crippen molar-refractivity contribution in [2.24, 2.45) is 0 Å². The van der Waals surface area contributed by atoms with Crippen molar-refractivity contribution in [3.63, 3.8) is 0 Å². The number of aryl methyl sites for hydroxylation is 4. The molecule has 0 fully saturated rings. The lowest BCUT2D eigenvalue weighted by atomic mass is 10.1. The molecule has 1 N–H and O–H groups in total. The van der Waals surface area contributed by atoms with E-state index in [-0.39, 0.29) is 29.8 Å². The van der Waals surface area contributed by atoms with Gasteiger partial charge in [0, 0.05) is 18.2 Å². The molecular weight excluding hydrogens is 587 g/mol. The lowest BCUT2D eigenvalue weighted by molar-refractivity contribution is -0.116. The molecule has 45 heavy (non-hydrogen) atoms. The number of carbonyl (C=O) groups excluding carboxylic acids is 1. The number of hydrogen-bond acceptors (Lipinski definition) is 4. The number of aromatic nitrogens is 2. The molecule has 1 heterocycles. The van der Waals surface area contributed by atoms with Gasteiger partial charge in [0.25, 0.3) is 0 Å². The quantitative estimate of drug-likeness (QED) is 0.174. The van der Waals surface area contributed by atoms with Crippen LogP contribution in [0.1, 0.15) is 47.7 Å². The predicted octanol–water partition coefficient (Wildman–Crippen LogP) is 7.53. The Labute approximate surface area is 264 Å². The number of fused-ring (bicyclic) bond motifs is 1. The Morgan fingerprint density at radius 3 is 2.27 bits per heavy atom. The monoisotopic (exact) mass is 626 g/mol. The molecular formula is C36H39FN4O3S. The predicted molar refractivity (Wildman–Crippen MR) is 178 cm³/mol. The number of nitrogens with one attached hydrogen (secondary N) is 1. The Kier molecular flexibility index (Phi) is 9.23. The summed E-state index contributed by atoms with van der Waals surface area (Å²) in [6.07, 6.45) is 0.446. The van der Waals surface area contributed by atoms with E-state index in [1.165, 1.54) is 16.4 Å². The number of para-hydroxylation sites is 1. The third kappa shape index (κ3) is 6.70. The second kappa shape index (κ2) is 12.9. The first kappa shape index (κ1) is 32.1. The lowest BCUT2D eigenvalue weighted by Gasteiger charge is -2.25. The summed E-state index contributed by atoms with van der Waals surface area (Å²) >= 11 is 0. The molecule has 234 valence electrons. The highest BCUT2D eigenvalue weighted by molar-refractivity contribution is 7.89. The van der Waals surface area contributed by atoms with Crippen LogP contribution in [0, 0.1) is 33.5 Å². The number of anilines is 1. The van der Waals surface area contributed by atoms with E-state index in [9.17, 15) is 17.6 Å². The molecule has 4 aromatic carbocycles. The first-order valence-corrected chi connectivity index (χ1v) is 16.5. The van der Waals surface area contributed by atoms with E-state index in [4.69, 9.17) is 4.98 Å². The van der Waals surface area contributed by atoms with Gasteiger partial charge in [-0.2, -0.15) is 4.31 Å². The van der Waals surface area contributed by atoms with Gasteiger partial charge in [-0.15, -0.1) is 0 Å². The Morgan fingerprint density at radius 1 is 0.911 bits per heavy atom. The van der Waals surface area contributed by atoms with E-state index in [0.717, 1.165) is 16.7 Å². The molecule has 0 saturated heterocycles. The van der Waals surface area contributed by atoms with Gasteiger partial charge in [0.1, 0.15) is 11.6 Å². The normalized spacial score (nSPS) is 11.9. The van der Waals surface area contributed by atoms with Crippen molar-refractivity contribution >= 4 is 32.7 Å². The van der Waals surface area contributed by atoms with E-state index < -0.39 is 15.9 Å². The molecule has 0 unspecified atom stereocenters. The van der Waals surface area contributed by atoms with Crippen LogP contribution in [-0.4, -0.2) is 41.3 Å². The Morgan fingerprint density at radius 2 is 1.60 bits per heavy atom. The van der Waals surface area contributed by atoms with E-state index >= 15 is 0 Å². The average Bonchev–Trinajstić information content (AvgIpc) is 3.34. The number of benzene rings is 4. The number of imidazole rings is 1. The van der Waals surface area contributed by atoms with Crippen LogP contribution in [0.2, 0.25) is 0 Å². The standard InChI is InChI=1S/C36H39FN4O3S/c1-23(2)41-32-21-29(37)15-16-31(32)38-36(41)30-14-10-11-25(4)34(30)39-33(42)22-40(18-17-28-12-8-7-9-13-28)45(43,44)35-26(5)19-24(3)20-27(35)6/h7-16,19-21,23H,17-18,22H2,1-6H3,(H,39,42). The summed E-state index contributed by atoms with van der Waals surface area (Å²) in [6, 6.07) is 23.4. The molecule has 0 spiro atoms. The molecule has 5 rings (SSSR count). The third-order valence-corrected chi connectivity index (χ3v) is 10.1. The Balaban J connectivity index is 1.52. The molecule has 0 aliphatic heterocycles. The number of rotatable bonds is 10. The highest BCUT2D eigenvalue weighted by atomic mass is 32.2. The zero-order chi connectivity index (χ0) is 32.5. The number of hydrogen-bond donors (Lipinski definition) is 1. The average molecular weight is 627 g/mol. The van der Waals surface area contributed by atoms with Crippen LogP contribution in [0.3, 0.4) is 0 Å². The van der Waals surface area contributed by atoms with Crippen molar-refractivity contribution in [2.45, 2.75) is 58.9 Å². The first-order valence-electron chi connectivity index (χ1n) is 15.1. The van der Waals surface area contributed by atoms with Gasteiger partial charge in [0.15, 0.2) is 0 Å². The van der Waals surface area contributed by atoms with Crippen molar-refractivity contribution in [3.8, 4) is 11.4 Å². The second-order valence-electron chi connectivity index (χ2n) is 11.9. The maximum atomic E-state index is 14.2. The molecule has 0 atom stereocenters. The van der Waals surface area contributed by atoms with Gasteiger partial charge in [0.2, 0.25) is 15.9 Å². The smallest absolute Gasteiger partial charge is 0.244 e. The van der Waals surface area contributed by atoms with Crippen LogP contribution in [0.4, 0.5) is 10.1 Å². The summed E-state index contributed by atoms with van der Waals surface area (Å²) in [5, 5.41) is 3.02. The third-order valence-electron chi connectivity index (χ3n) is 7.96. The molecule has 5 aromatic rings. The molecule has 7 nitrogen and oxygen atoms in total. The highest BCUT2D eigenvalue weighted by Crippen LogP contribution is 2.35. The number of sulfonamides is 1. The molecule has 0 saturated carbocycles. The van der Waals surface area contributed by atoms with Gasteiger partial charge >= 0.3 is 0 Å². The molecule has 0 aliphatic rings. The zero-order valence-electron chi connectivity index (χ0n) is 26.6. The van der Waals surface area contributed by atoms with Crippen molar-refractivity contribution < 1.29 is 17.6 Å². The fourth-order valence-electron chi connectivity index (χ4n) is 6.02. The van der Waals surface area contributed by atoms with E-state index in [2.05, 4.69) is 5.32 Å². The van der Waals surface area contributed by atoms with E-state index in [0.29, 0.717) is 45.7 Å². The van der Waals surface area contributed by atoms with E-state index in [1.807, 2.05) is 92.9 Å². The van der Waals surface area contributed by atoms with Crippen LogP contribution in [0.25, 0.3) is 22.4 Å². The largest absolute Gasteiger partial charge is 0.324 e. The fraction of sp³-hybridized carbons (Fsp3) is 0.278. The van der Waals surface area contributed by atoms with Crippen molar-refractivity contribution in [1.82, 2.24) is 13.9 Å². The summed E-state index contributed by atoms with van der Waals surface area (Å²) in [6.45, 7) is 11.1. The minimum atomic E-state index is -4.03. The van der Waals surface area contributed by atoms with Gasteiger partial charge in [-0.1, -0.05) is 60.2 Å². The maximum Gasteiger partial charge on any atom is 0.244 e. The summed E-state index contributed by atoms with van der Waals surface area (Å²) in [5.41, 5.74) is 6.51. The SMILES string of the molecule is Cc1cc(C)c(S(=O)(=O)N(CCc2ccccc2)CC(=O)Nc2c(C)cccc2-c2nc3ccc(F)cc3n2C(C)C)c(C)c1. The van der Waals surface area contributed by atoms with Gasteiger partial charge in [-0.25, -0.2) is 17.8 Å². The van der Waals surface area contributed by atoms with Gasteiger partial charge in [-0.3, -0.25) is 4.79 Å². The molecule has 1 aromatic heterocycles. The van der Waals surface area contributed by atoms with Crippen LogP contribution >= 0.6 is 0 Å². The van der Waals surface area contributed by atoms with Crippen molar-refractivity contribution in [1.29, 1.82) is 0 Å². The Hall–Kier alpha value is -4.34. The summed E-state index contributed by atoms with van der Waals surface area (Å²) in [5.74, 6) is -0.239. The maximum absolute atomic E-state index is 14.2. The van der Waals surface area contributed by atoms with Crippen molar-refractivity contribution in [2.75, 3.05) is 18.4 Å². The number of carbonyl (C=O) groups is 1. The Bertz CT molecular complexity index is 1960.